The number of amides is 1. The van der Waals surface area contributed by atoms with Crippen molar-refractivity contribution < 1.29 is 4.79 Å². The average molecular weight is 260 g/mol. The van der Waals surface area contributed by atoms with Crippen molar-refractivity contribution in [3.63, 3.8) is 0 Å². The van der Waals surface area contributed by atoms with Crippen LogP contribution in [-0.4, -0.2) is 37.0 Å². The van der Waals surface area contributed by atoms with E-state index in [2.05, 4.69) is 12.2 Å². The molecule has 1 aromatic rings. The van der Waals surface area contributed by atoms with Gasteiger partial charge in [0, 0.05) is 24.7 Å². The van der Waals surface area contributed by atoms with Crippen LogP contribution in [0.3, 0.4) is 0 Å². The fourth-order valence-electron chi connectivity index (χ4n) is 2.97. The number of carbonyl (C=O) groups is 1. The molecule has 0 bridgehead atoms. The largest absolute Gasteiger partial charge is 0.338 e. The second-order valence-corrected chi connectivity index (χ2v) is 5.47. The summed E-state index contributed by atoms with van der Waals surface area (Å²) in [5.41, 5.74) is 1.96. The zero-order valence-electron chi connectivity index (χ0n) is 12.1. The van der Waals surface area contributed by atoms with E-state index in [0.717, 1.165) is 37.1 Å². The zero-order chi connectivity index (χ0) is 13.8. The van der Waals surface area contributed by atoms with Gasteiger partial charge in [-0.3, -0.25) is 4.79 Å². The standard InChI is InChI=1S/C16H24N2O/c1-4-13-11-18(9-8-15(13)17-3)16(19)14-7-5-6-12(2)10-14/h5-7,10,13,15,17H,4,8-9,11H2,1-3H3. The molecule has 1 heterocycles. The summed E-state index contributed by atoms with van der Waals surface area (Å²) < 4.78 is 0. The number of hydrogen-bond acceptors (Lipinski definition) is 2. The SMILES string of the molecule is CCC1CN(C(=O)c2cccc(C)c2)CCC1NC. The van der Waals surface area contributed by atoms with Crippen molar-refractivity contribution in [3.05, 3.63) is 35.4 Å². The van der Waals surface area contributed by atoms with Crippen molar-refractivity contribution in [2.24, 2.45) is 5.92 Å². The van der Waals surface area contributed by atoms with E-state index in [9.17, 15) is 4.79 Å². The predicted octanol–water partition coefficient (Wildman–Crippen LogP) is 2.46. The lowest BCUT2D eigenvalue weighted by Gasteiger charge is -2.38. The second kappa shape index (κ2) is 6.20. The first kappa shape index (κ1) is 14.1. The number of likely N-dealkylation sites (tertiary alicyclic amines) is 1. The number of piperidine rings is 1. The molecule has 2 atom stereocenters. The number of rotatable bonds is 3. The summed E-state index contributed by atoms with van der Waals surface area (Å²) in [4.78, 5) is 14.5. The number of carbonyl (C=O) groups excluding carboxylic acids is 1. The second-order valence-electron chi connectivity index (χ2n) is 5.47. The highest BCUT2D eigenvalue weighted by Gasteiger charge is 2.29. The molecule has 1 fully saturated rings. The molecule has 1 saturated heterocycles. The number of benzene rings is 1. The molecular formula is C16H24N2O. The molecule has 1 aliphatic heterocycles. The minimum Gasteiger partial charge on any atom is -0.338 e. The minimum atomic E-state index is 0.178. The number of hydrogen-bond donors (Lipinski definition) is 1. The van der Waals surface area contributed by atoms with Gasteiger partial charge < -0.3 is 10.2 Å². The number of nitrogens with one attached hydrogen (secondary N) is 1. The topological polar surface area (TPSA) is 32.3 Å². The molecular weight excluding hydrogens is 236 g/mol. The summed E-state index contributed by atoms with van der Waals surface area (Å²) in [6, 6.07) is 8.43. The molecule has 1 N–H and O–H groups in total. The van der Waals surface area contributed by atoms with Gasteiger partial charge in [0.05, 0.1) is 0 Å². The van der Waals surface area contributed by atoms with Gasteiger partial charge in [-0.1, -0.05) is 31.0 Å². The van der Waals surface area contributed by atoms with Crippen LogP contribution >= 0.6 is 0 Å². The van der Waals surface area contributed by atoms with Gasteiger partial charge in [-0.15, -0.1) is 0 Å². The van der Waals surface area contributed by atoms with E-state index in [1.54, 1.807) is 0 Å². The maximum Gasteiger partial charge on any atom is 0.253 e. The Kier molecular flexibility index (Phi) is 4.59. The first-order chi connectivity index (χ1) is 9.15. The lowest BCUT2D eigenvalue weighted by molar-refractivity contribution is 0.0631. The normalized spacial score (nSPS) is 23.4. The highest BCUT2D eigenvalue weighted by molar-refractivity contribution is 5.94. The molecule has 0 radical (unpaired) electrons. The molecule has 2 rings (SSSR count). The molecule has 0 saturated carbocycles. The zero-order valence-corrected chi connectivity index (χ0v) is 12.1. The third-order valence-corrected chi connectivity index (χ3v) is 4.18. The van der Waals surface area contributed by atoms with E-state index in [-0.39, 0.29) is 5.91 Å². The molecule has 19 heavy (non-hydrogen) atoms. The summed E-state index contributed by atoms with van der Waals surface area (Å²) >= 11 is 0. The number of nitrogens with zero attached hydrogens (tertiary/aromatic N) is 1. The molecule has 2 unspecified atom stereocenters. The maximum absolute atomic E-state index is 12.5. The third-order valence-electron chi connectivity index (χ3n) is 4.18. The van der Waals surface area contributed by atoms with Gasteiger partial charge >= 0.3 is 0 Å². The van der Waals surface area contributed by atoms with Crippen molar-refractivity contribution >= 4 is 5.91 Å². The fourth-order valence-corrected chi connectivity index (χ4v) is 2.97. The van der Waals surface area contributed by atoms with Crippen molar-refractivity contribution in [1.82, 2.24) is 10.2 Å². The van der Waals surface area contributed by atoms with Crippen LogP contribution in [0.5, 0.6) is 0 Å². The van der Waals surface area contributed by atoms with Gasteiger partial charge in [-0.25, -0.2) is 0 Å². The van der Waals surface area contributed by atoms with Crippen LogP contribution in [0.25, 0.3) is 0 Å². The summed E-state index contributed by atoms with van der Waals surface area (Å²) in [5.74, 6) is 0.740. The summed E-state index contributed by atoms with van der Waals surface area (Å²) in [5, 5.41) is 3.38. The monoisotopic (exact) mass is 260 g/mol. The molecule has 3 heteroatoms. The summed E-state index contributed by atoms with van der Waals surface area (Å²) in [6.07, 6.45) is 2.16. The van der Waals surface area contributed by atoms with E-state index in [0.29, 0.717) is 12.0 Å². The van der Waals surface area contributed by atoms with Crippen LogP contribution in [0.1, 0.15) is 35.7 Å². The van der Waals surface area contributed by atoms with Crippen LogP contribution in [0.2, 0.25) is 0 Å². The van der Waals surface area contributed by atoms with E-state index < -0.39 is 0 Å². The lowest BCUT2D eigenvalue weighted by atomic mass is 9.89. The Hall–Kier alpha value is -1.35. The quantitative estimate of drug-likeness (QED) is 0.905. The van der Waals surface area contributed by atoms with Crippen LogP contribution in [0.4, 0.5) is 0 Å². The van der Waals surface area contributed by atoms with Crippen LogP contribution < -0.4 is 5.32 Å². The first-order valence-electron chi connectivity index (χ1n) is 7.19. The van der Waals surface area contributed by atoms with Gasteiger partial charge in [-0.05, 0) is 38.4 Å². The van der Waals surface area contributed by atoms with Gasteiger partial charge in [-0.2, -0.15) is 0 Å². The van der Waals surface area contributed by atoms with Crippen molar-refractivity contribution in [2.75, 3.05) is 20.1 Å². The average Bonchev–Trinajstić information content (AvgIpc) is 2.45. The van der Waals surface area contributed by atoms with Gasteiger partial charge in [0.2, 0.25) is 0 Å². The summed E-state index contributed by atoms with van der Waals surface area (Å²) in [6.45, 7) is 5.96. The van der Waals surface area contributed by atoms with Crippen LogP contribution in [-0.2, 0) is 0 Å². The summed E-state index contributed by atoms with van der Waals surface area (Å²) in [7, 11) is 2.02. The Balaban J connectivity index is 2.08. The van der Waals surface area contributed by atoms with Gasteiger partial charge in [0.15, 0.2) is 0 Å². The fraction of sp³-hybridized carbons (Fsp3) is 0.562. The molecule has 0 aromatic heterocycles. The molecule has 0 aliphatic carbocycles. The molecule has 1 aromatic carbocycles. The minimum absolute atomic E-state index is 0.178. The van der Waals surface area contributed by atoms with Crippen molar-refractivity contribution in [1.29, 1.82) is 0 Å². The Labute approximate surface area is 116 Å². The maximum atomic E-state index is 12.5. The van der Waals surface area contributed by atoms with E-state index in [4.69, 9.17) is 0 Å². The molecule has 1 amide bonds. The van der Waals surface area contributed by atoms with Crippen molar-refractivity contribution in [3.8, 4) is 0 Å². The molecule has 104 valence electrons. The van der Waals surface area contributed by atoms with Crippen LogP contribution in [0, 0.1) is 12.8 Å². The Morgan fingerprint density at radius 2 is 2.26 bits per heavy atom. The van der Waals surface area contributed by atoms with Gasteiger partial charge in [0.1, 0.15) is 0 Å². The Morgan fingerprint density at radius 3 is 2.89 bits per heavy atom. The van der Waals surface area contributed by atoms with E-state index in [1.807, 2.05) is 43.1 Å². The van der Waals surface area contributed by atoms with Crippen LogP contribution in [0.15, 0.2) is 24.3 Å². The first-order valence-corrected chi connectivity index (χ1v) is 7.19. The smallest absolute Gasteiger partial charge is 0.253 e. The highest BCUT2D eigenvalue weighted by Crippen LogP contribution is 2.21. The predicted molar refractivity (Wildman–Crippen MR) is 78.3 cm³/mol. The third kappa shape index (κ3) is 3.16. The highest BCUT2D eigenvalue weighted by atomic mass is 16.2. The molecule has 3 nitrogen and oxygen atoms in total. The number of aryl methyl sites for hydroxylation is 1. The molecule has 0 spiro atoms. The molecule has 1 aliphatic rings. The lowest BCUT2D eigenvalue weighted by Crippen LogP contribution is -2.50. The van der Waals surface area contributed by atoms with E-state index in [1.165, 1.54) is 0 Å². The van der Waals surface area contributed by atoms with E-state index >= 15 is 0 Å². The Morgan fingerprint density at radius 1 is 1.47 bits per heavy atom. The Bertz CT molecular complexity index is 444. The van der Waals surface area contributed by atoms with Crippen molar-refractivity contribution in [2.45, 2.75) is 32.7 Å². The van der Waals surface area contributed by atoms with Gasteiger partial charge in [0.25, 0.3) is 5.91 Å².